The van der Waals surface area contributed by atoms with Gasteiger partial charge in [0.1, 0.15) is 6.04 Å². The van der Waals surface area contributed by atoms with Crippen LogP contribution in [0.4, 0.5) is 0 Å². The third kappa shape index (κ3) is 3.71. The molecule has 1 saturated heterocycles. The highest BCUT2D eigenvalue weighted by atomic mass is 16.5. The lowest BCUT2D eigenvalue weighted by Gasteiger charge is -2.17. The van der Waals surface area contributed by atoms with Gasteiger partial charge in [0.15, 0.2) is 0 Å². The van der Waals surface area contributed by atoms with E-state index in [-0.39, 0.29) is 6.04 Å². The number of rotatable bonds is 3. The van der Waals surface area contributed by atoms with Crippen LogP contribution in [0.25, 0.3) is 0 Å². The number of carboxylic acid groups (broad SMARTS) is 1. The summed E-state index contributed by atoms with van der Waals surface area (Å²) in [6.07, 6.45) is 0. The molecule has 0 amide bonds. The quantitative estimate of drug-likeness (QED) is 0.624. The van der Waals surface area contributed by atoms with Crippen LogP contribution >= 0.6 is 0 Å². The van der Waals surface area contributed by atoms with Crippen LogP contribution in [0.2, 0.25) is 0 Å². The molecule has 0 saturated carbocycles. The van der Waals surface area contributed by atoms with E-state index >= 15 is 0 Å². The Balaban J connectivity index is 2.29. The first-order chi connectivity index (χ1) is 6.20. The Bertz CT molecular complexity index is 166. The SMILES string of the molecule is C[C@@H](NC1COCCOC1)C(=O)O. The summed E-state index contributed by atoms with van der Waals surface area (Å²) in [7, 11) is 0. The Kier molecular flexibility index (Phi) is 4.14. The lowest BCUT2D eigenvalue weighted by molar-refractivity contribution is -0.139. The van der Waals surface area contributed by atoms with Gasteiger partial charge in [0.2, 0.25) is 0 Å². The normalized spacial score (nSPS) is 22.2. The highest BCUT2D eigenvalue weighted by molar-refractivity contribution is 5.72. The van der Waals surface area contributed by atoms with Gasteiger partial charge in [-0.25, -0.2) is 0 Å². The maximum Gasteiger partial charge on any atom is 0.320 e. The van der Waals surface area contributed by atoms with Crippen molar-refractivity contribution in [2.75, 3.05) is 26.4 Å². The van der Waals surface area contributed by atoms with E-state index in [1.54, 1.807) is 6.92 Å². The third-order valence-corrected chi connectivity index (χ3v) is 1.87. The van der Waals surface area contributed by atoms with Crippen molar-refractivity contribution in [3.05, 3.63) is 0 Å². The maximum absolute atomic E-state index is 10.5. The first-order valence-electron chi connectivity index (χ1n) is 4.34. The Morgan fingerprint density at radius 2 is 2.00 bits per heavy atom. The van der Waals surface area contributed by atoms with Gasteiger partial charge in [-0.1, -0.05) is 0 Å². The number of hydrogen-bond acceptors (Lipinski definition) is 4. The standard InChI is InChI=1S/C8H15NO4/c1-6(8(10)11)9-7-4-12-2-3-13-5-7/h6-7,9H,2-5H2,1H3,(H,10,11)/t6-/m1/s1. The van der Waals surface area contributed by atoms with Gasteiger partial charge in [0.25, 0.3) is 0 Å². The fourth-order valence-electron chi connectivity index (χ4n) is 1.14. The van der Waals surface area contributed by atoms with Crippen LogP contribution < -0.4 is 5.32 Å². The second kappa shape index (κ2) is 5.16. The molecule has 0 spiro atoms. The molecule has 2 N–H and O–H groups in total. The maximum atomic E-state index is 10.5. The monoisotopic (exact) mass is 189 g/mol. The minimum absolute atomic E-state index is 0.0198. The molecule has 0 aromatic carbocycles. The molecule has 1 aliphatic heterocycles. The molecule has 1 aliphatic rings. The summed E-state index contributed by atoms with van der Waals surface area (Å²) in [4.78, 5) is 10.5. The van der Waals surface area contributed by atoms with Crippen LogP contribution in [0.15, 0.2) is 0 Å². The summed E-state index contributed by atoms with van der Waals surface area (Å²) in [5.41, 5.74) is 0. The average Bonchev–Trinajstić information content (AvgIpc) is 2.32. The minimum atomic E-state index is -0.857. The highest BCUT2D eigenvalue weighted by Crippen LogP contribution is 1.96. The highest BCUT2D eigenvalue weighted by Gasteiger charge is 2.18. The van der Waals surface area contributed by atoms with E-state index in [0.29, 0.717) is 26.4 Å². The van der Waals surface area contributed by atoms with Gasteiger partial charge in [-0.05, 0) is 6.92 Å². The van der Waals surface area contributed by atoms with Crippen LogP contribution in [0.5, 0.6) is 0 Å². The van der Waals surface area contributed by atoms with E-state index in [4.69, 9.17) is 14.6 Å². The largest absolute Gasteiger partial charge is 0.480 e. The number of aliphatic carboxylic acids is 1. The van der Waals surface area contributed by atoms with Crippen molar-refractivity contribution < 1.29 is 19.4 Å². The van der Waals surface area contributed by atoms with Crippen molar-refractivity contribution >= 4 is 5.97 Å². The lowest BCUT2D eigenvalue weighted by Crippen LogP contribution is -2.45. The van der Waals surface area contributed by atoms with Gasteiger partial charge in [0, 0.05) is 0 Å². The molecule has 0 radical (unpaired) electrons. The number of carboxylic acids is 1. The lowest BCUT2D eigenvalue weighted by atomic mass is 10.2. The predicted molar refractivity (Wildman–Crippen MR) is 45.7 cm³/mol. The zero-order valence-electron chi connectivity index (χ0n) is 7.66. The molecule has 5 nitrogen and oxygen atoms in total. The summed E-state index contributed by atoms with van der Waals surface area (Å²) in [5, 5.41) is 11.5. The molecule has 1 atom stereocenters. The van der Waals surface area contributed by atoms with Gasteiger partial charge in [0.05, 0.1) is 32.5 Å². The van der Waals surface area contributed by atoms with Crippen LogP contribution in [-0.4, -0.2) is 49.6 Å². The van der Waals surface area contributed by atoms with Crippen molar-refractivity contribution in [2.45, 2.75) is 19.0 Å². The Morgan fingerprint density at radius 1 is 1.46 bits per heavy atom. The molecule has 0 bridgehead atoms. The average molecular weight is 189 g/mol. The van der Waals surface area contributed by atoms with E-state index < -0.39 is 12.0 Å². The molecule has 76 valence electrons. The Morgan fingerprint density at radius 3 is 2.46 bits per heavy atom. The molecule has 13 heavy (non-hydrogen) atoms. The summed E-state index contributed by atoms with van der Waals surface area (Å²) in [6, 6.07) is -0.580. The number of ether oxygens (including phenoxy) is 2. The van der Waals surface area contributed by atoms with Crippen molar-refractivity contribution in [1.82, 2.24) is 5.32 Å². The molecule has 0 aliphatic carbocycles. The second-order valence-corrected chi connectivity index (χ2v) is 3.07. The van der Waals surface area contributed by atoms with E-state index in [0.717, 1.165) is 0 Å². The predicted octanol–water partition coefficient (Wildman–Crippen LogP) is -0.535. The second-order valence-electron chi connectivity index (χ2n) is 3.07. The smallest absolute Gasteiger partial charge is 0.320 e. The van der Waals surface area contributed by atoms with E-state index in [1.807, 2.05) is 0 Å². The summed E-state index contributed by atoms with van der Waals surface area (Å²) in [5.74, 6) is -0.857. The van der Waals surface area contributed by atoms with Crippen LogP contribution in [-0.2, 0) is 14.3 Å². The molecule has 1 rings (SSSR count). The molecule has 0 unspecified atom stereocenters. The van der Waals surface area contributed by atoms with Gasteiger partial charge in [-0.2, -0.15) is 0 Å². The van der Waals surface area contributed by atoms with E-state index in [2.05, 4.69) is 5.32 Å². The van der Waals surface area contributed by atoms with Gasteiger partial charge in [-0.15, -0.1) is 0 Å². The zero-order valence-corrected chi connectivity index (χ0v) is 7.66. The molecule has 0 aromatic heterocycles. The van der Waals surface area contributed by atoms with Crippen molar-refractivity contribution in [3.63, 3.8) is 0 Å². The first kappa shape index (κ1) is 10.4. The van der Waals surface area contributed by atoms with E-state index in [9.17, 15) is 4.79 Å². The van der Waals surface area contributed by atoms with Crippen LogP contribution in [0.3, 0.4) is 0 Å². The van der Waals surface area contributed by atoms with Gasteiger partial charge >= 0.3 is 5.97 Å². The van der Waals surface area contributed by atoms with Crippen molar-refractivity contribution in [1.29, 1.82) is 0 Å². The van der Waals surface area contributed by atoms with Gasteiger partial charge in [-0.3, -0.25) is 10.1 Å². The van der Waals surface area contributed by atoms with E-state index in [1.165, 1.54) is 0 Å². The third-order valence-electron chi connectivity index (χ3n) is 1.87. The van der Waals surface area contributed by atoms with Gasteiger partial charge < -0.3 is 14.6 Å². The Labute approximate surface area is 77.0 Å². The molecular weight excluding hydrogens is 174 g/mol. The number of hydrogen-bond donors (Lipinski definition) is 2. The fourth-order valence-corrected chi connectivity index (χ4v) is 1.14. The van der Waals surface area contributed by atoms with Crippen LogP contribution in [0, 0.1) is 0 Å². The summed E-state index contributed by atoms with van der Waals surface area (Å²) >= 11 is 0. The van der Waals surface area contributed by atoms with Crippen LogP contribution in [0.1, 0.15) is 6.92 Å². The fraction of sp³-hybridized carbons (Fsp3) is 0.875. The van der Waals surface area contributed by atoms with Crippen molar-refractivity contribution in [2.24, 2.45) is 0 Å². The zero-order chi connectivity index (χ0) is 9.68. The molecule has 5 heteroatoms. The minimum Gasteiger partial charge on any atom is -0.480 e. The molecule has 1 heterocycles. The van der Waals surface area contributed by atoms with Crippen molar-refractivity contribution in [3.8, 4) is 0 Å². The summed E-state index contributed by atoms with van der Waals surface area (Å²) < 4.78 is 10.4. The topological polar surface area (TPSA) is 67.8 Å². The summed E-state index contributed by atoms with van der Waals surface area (Å²) in [6.45, 7) is 3.79. The molecule has 1 fully saturated rings. The number of carbonyl (C=O) groups is 1. The molecular formula is C8H15NO4. The molecule has 0 aromatic rings. The Hall–Kier alpha value is -0.650. The first-order valence-corrected chi connectivity index (χ1v) is 4.34. The number of nitrogens with one attached hydrogen (secondary N) is 1.